The summed E-state index contributed by atoms with van der Waals surface area (Å²) in [6, 6.07) is 17.5. The van der Waals surface area contributed by atoms with Crippen LogP contribution in [-0.2, 0) is 0 Å². The molecule has 0 aliphatic carbocycles. The zero-order valence-electron chi connectivity index (χ0n) is 15.9. The van der Waals surface area contributed by atoms with Crippen molar-refractivity contribution in [1.82, 2.24) is 9.97 Å². The van der Waals surface area contributed by atoms with Crippen LogP contribution in [0.1, 0.15) is 40.0 Å². The topological polar surface area (TPSA) is 29.0 Å². The second kappa shape index (κ2) is 6.71. The van der Waals surface area contributed by atoms with E-state index in [0.29, 0.717) is 6.04 Å². The van der Waals surface area contributed by atoms with Crippen molar-refractivity contribution >= 4 is 16.7 Å². The molecule has 1 saturated heterocycles. The van der Waals surface area contributed by atoms with Crippen LogP contribution in [0.25, 0.3) is 22.0 Å². The lowest BCUT2D eigenvalue weighted by Crippen LogP contribution is -2.48. The Morgan fingerprint density at radius 1 is 0.962 bits per heavy atom. The number of rotatable bonds is 2. The van der Waals surface area contributed by atoms with Crippen LogP contribution in [0.4, 0.5) is 5.95 Å². The molecule has 0 bridgehead atoms. The predicted octanol–water partition coefficient (Wildman–Crippen LogP) is 5.70. The maximum atomic E-state index is 4.95. The summed E-state index contributed by atoms with van der Waals surface area (Å²) in [7, 11) is 0. The maximum absolute atomic E-state index is 4.95. The van der Waals surface area contributed by atoms with Crippen LogP contribution in [0.2, 0.25) is 0 Å². The van der Waals surface area contributed by atoms with Gasteiger partial charge in [0.1, 0.15) is 0 Å². The molecule has 0 spiro atoms. The summed E-state index contributed by atoms with van der Waals surface area (Å²) in [4.78, 5) is 12.0. The van der Waals surface area contributed by atoms with Crippen LogP contribution in [0.15, 0.2) is 54.7 Å². The van der Waals surface area contributed by atoms with Crippen molar-refractivity contribution in [3.05, 3.63) is 54.7 Å². The number of piperidine rings is 1. The molecule has 2 heterocycles. The number of hydrogen-bond acceptors (Lipinski definition) is 3. The average molecular weight is 345 g/mol. The monoisotopic (exact) mass is 345 g/mol. The molecule has 26 heavy (non-hydrogen) atoms. The fraction of sp³-hybridized carbons (Fsp3) is 0.391. The van der Waals surface area contributed by atoms with Crippen LogP contribution in [0.5, 0.6) is 0 Å². The second-order valence-corrected chi connectivity index (χ2v) is 8.37. The van der Waals surface area contributed by atoms with Gasteiger partial charge in [-0.05, 0) is 47.6 Å². The minimum absolute atomic E-state index is 0.225. The van der Waals surface area contributed by atoms with E-state index in [1.54, 1.807) is 0 Å². The zero-order chi connectivity index (χ0) is 18.1. The number of benzene rings is 2. The lowest BCUT2D eigenvalue weighted by atomic mass is 9.81. The highest BCUT2D eigenvalue weighted by Gasteiger charge is 2.33. The Morgan fingerprint density at radius 3 is 2.58 bits per heavy atom. The van der Waals surface area contributed by atoms with E-state index in [4.69, 9.17) is 4.98 Å². The van der Waals surface area contributed by atoms with Gasteiger partial charge >= 0.3 is 0 Å². The van der Waals surface area contributed by atoms with Gasteiger partial charge in [-0.15, -0.1) is 0 Å². The molecular weight excluding hydrogens is 318 g/mol. The maximum Gasteiger partial charge on any atom is 0.226 e. The molecule has 3 aromatic rings. The Labute approximate surface area is 156 Å². The molecule has 1 aromatic heterocycles. The quantitative estimate of drug-likeness (QED) is 0.596. The summed E-state index contributed by atoms with van der Waals surface area (Å²) < 4.78 is 0. The van der Waals surface area contributed by atoms with E-state index in [1.807, 2.05) is 12.3 Å². The van der Waals surface area contributed by atoms with Crippen LogP contribution < -0.4 is 4.90 Å². The van der Waals surface area contributed by atoms with Gasteiger partial charge in [-0.1, -0.05) is 57.2 Å². The number of fused-ring (bicyclic) bond motifs is 1. The van der Waals surface area contributed by atoms with E-state index >= 15 is 0 Å². The summed E-state index contributed by atoms with van der Waals surface area (Å²) in [5.74, 6) is 0.871. The summed E-state index contributed by atoms with van der Waals surface area (Å²) in [6.45, 7) is 8.01. The van der Waals surface area contributed by atoms with Gasteiger partial charge in [0, 0.05) is 24.3 Å². The molecule has 0 amide bonds. The highest BCUT2D eigenvalue weighted by atomic mass is 15.3. The van der Waals surface area contributed by atoms with Gasteiger partial charge < -0.3 is 4.90 Å². The Bertz CT molecular complexity index is 910. The molecule has 134 valence electrons. The Kier molecular flexibility index (Phi) is 4.39. The van der Waals surface area contributed by atoms with Crippen LogP contribution >= 0.6 is 0 Å². The van der Waals surface area contributed by atoms with Crippen LogP contribution in [0, 0.1) is 5.41 Å². The highest BCUT2D eigenvalue weighted by molar-refractivity contribution is 5.86. The lowest BCUT2D eigenvalue weighted by Gasteiger charge is -2.43. The van der Waals surface area contributed by atoms with Crippen LogP contribution in [0.3, 0.4) is 0 Å². The first-order valence-electron chi connectivity index (χ1n) is 9.61. The van der Waals surface area contributed by atoms with E-state index in [2.05, 4.69) is 73.1 Å². The number of aromatic nitrogens is 2. The van der Waals surface area contributed by atoms with E-state index < -0.39 is 0 Å². The van der Waals surface area contributed by atoms with Gasteiger partial charge in [-0.25, -0.2) is 9.97 Å². The van der Waals surface area contributed by atoms with Crippen molar-refractivity contribution in [2.24, 2.45) is 5.41 Å². The largest absolute Gasteiger partial charge is 0.337 e. The van der Waals surface area contributed by atoms with Crippen molar-refractivity contribution in [3.8, 4) is 11.3 Å². The third-order valence-electron chi connectivity index (χ3n) is 5.45. The van der Waals surface area contributed by atoms with Crippen molar-refractivity contribution in [1.29, 1.82) is 0 Å². The molecule has 1 aliphatic heterocycles. The normalized spacial score (nSPS) is 18.3. The Hall–Kier alpha value is -2.42. The van der Waals surface area contributed by atoms with Crippen molar-refractivity contribution in [3.63, 3.8) is 0 Å². The molecule has 1 atom stereocenters. The molecule has 1 aliphatic rings. The fourth-order valence-electron chi connectivity index (χ4n) is 4.07. The molecule has 2 aromatic carbocycles. The van der Waals surface area contributed by atoms with E-state index in [1.165, 1.54) is 30.0 Å². The molecule has 1 unspecified atom stereocenters. The highest BCUT2D eigenvalue weighted by Crippen LogP contribution is 2.34. The smallest absolute Gasteiger partial charge is 0.226 e. The Morgan fingerprint density at radius 2 is 1.77 bits per heavy atom. The van der Waals surface area contributed by atoms with E-state index in [0.717, 1.165) is 23.8 Å². The SMILES string of the molecule is CC(C)(C)C1CCCCN1c1nccc(-c2ccc3ccccc3c2)n1. The molecule has 0 N–H and O–H groups in total. The second-order valence-electron chi connectivity index (χ2n) is 8.37. The predicted molar refractivity (Wildman–Crippen MR) is 109 cm³/mol. The van der Waals surface area contributed by atoms with Crippen molar-refractivity contribution in [2.45, 2.75) is 46.1 Å². The molecule has 3 heteroatoms. The van der Waals surface area contributed by atoms with Crippen LogP contribution in [-0.4, -0.2) is 22.6 Å². The van der Waals surface area contributed by atoms with Gasteiger partial charge in [0.25, 0.3) is 0 Å². The third-order valence-corrected chi connectivity index (χ3v) is 5.45. The average Bonchev–Trinajstić information content (AvgIpc) is 2.67. The number of hydrogen-bond donors (Lipinski definition) is 0. The standard InChI is InChI=1S/C23H27N3/c1-23(2,3)21-10-6-7-15-26(21)22-24-14-13-20(25-22)19-12-11-17-8-4-5-9-18(17)16-19/h4-5,8-9,11-14,16,21H,6-7,10,15H2,1-3H3. The first kappa shape index (κ1) is 17.0. The van der Waals surface area contributed by atoms with Gasteiger partial charge in [0.05, 0.1) is 5.69 Å². The molecule has 1 fully saturated rings. The number of nitrogens with zero attached hydrogens (tertiary/aromatic N) is 3. The summed E-state index contributed by atoms with van der Waals surface area (Å²) in [6.07, 6.45) is 5.63. The van der Waals surface area contributed by atoms with Gasteiger partial charge in [-0.2, -0.15) is 0 Å². The number of anilines is 1. The fourth-order valence-corrected chi connectivity index (χ4v) is 4.07. The van der Waals surface area contributed by atoms with Gasteiger partial charge in [-0.3, -0.25) is 0 Å². The Balaban J connectivity index is 1.71. The first-order valence-corrected chi connectivity index (χ1v) is 9.61. The summed E-state index contributed by atoms with van der Waals surface area (Å²) in [5.41, 5.74) is 2.37. The molecule has 4 rings (SSSR count). The van der Waals surface area contributed by atoms with Crippen molar-refractivity contribution < 1.29 is 0 Å². The van der Waals surface area contributed by atoms with E-state index in [9.17, 15) is 0 Å². The van der Waals surface area contributed by atoms with Gasteiger partial charge in [0.15, 0.2) is 0 Å². The molecule has 3 nitrogen and oxygen atoms in total. The minimum atomic E-state index is 0.225. The first-order chi connectivity index (χ1) is 12.5. The van der Waals surface area contributed by atoms with Crippen molar-refractivity contribution in [2.75, 3.05) is 11.4 Å². The minimum Gasteiger partial charge on any atom is -0.337 e. The molecular formula is C23H27N3. The molecule has 0 saturated carbocycles. The zero-order valence-corrected chi connectivity index (χ0v) is 15.9. The third kappa shape index (κ3) is 3.31. The lowest BCUT2D eigenvalue weighted by molar-refractivity contribution is 0.259. The van der Waals surface area contributed by atoms with Gasteiger partial charge in [0.2, 0.25) is 5.95 Å². The molecule has 0 radical (unpaired) electrons. The summed E-state index contributed by atoms with van der Waals surface area (Å²) in [5, 5.41) is 2.50. The summed E-state index contributed by atoms with van der Waals surface area (Å²) >= 11 is 0. The van der Waals surface area contributed by atoms with E-state index in [-0.39, 0.29) is 5.41 Å².